The Labute approximate surface area is 143 Å². The van der Waals surface area contributed by atoms with Crippen molar-refractivity contribution in [1.82, 2.24) is 10.5 Å². The molecule has 2 N–H and O–H groups in total. The molecule has 0 spiro atoms. The van der Waals surface area contributed by atoms with Crippen molar-refractivity contribution in [2.24, 2.45) is 5.92 Å². The number of carboxylic acids is 1. The molecule has 6 nitrogen and oxygen atoms in total. The number of amides is 1. The third kappa shape index (κ3) is 4.58. The van der Waals surface area contributed by atoms with Crippen LogP contribution in [0, 0.1) is 19.8 Å². The molecule has 1 fully saturated rings. The van der Waals surface area contributed by atoms with Gasteiger partial charge >= 0.3 is 5.97 Å². The zero-order valence-corrected chi connectivity index (χ0v) is 14.8. The first-order valence-corrected chi connectivity index (χ1v) is 8.85. The lowest BCUT2D eigenvalue weighted by Crippen LogP contribution is -2.44. The van der Waals surface area contributed by atoms with Crippen LogP contribution in [0.5, 0.6) is 0 Å². The van der Waals surface area contributed by atoms with E-state index in [9.17, 15) is 14.7 Å². The molecule has 1 aliphatic carbocycles. The van der Waals surface area contributed by atoms with Gasteiger partial charge in [-0.15, -0.1) is 0 Å². The van der Waals surface area contributed by atoms with Gasteiger partial charge in [0.1, 0.15) is 5.76 Å². The average molecular weight is 336 g/mol. The first-order chi connectivity index (χ1) is 11.4. The Balaban J connectivity index is 1.99. The SMILES string of the molecule is Cc1noc(C)c1C(C)CC(=O)NC1CCCCCCC1C(=O)O. The van der Waals surface area contributed by atoms with Crippen LogP contribution in [0.2, 0.25) is 0 Å². The fraction of sp³-hybridized carbons (Fsp3) is 0.722. The van der Waals surface area contributed by atoms with Crippen LogP contribution >= 0.6 is 0 Å². The molecular formula is C18H28N2O4. The monoisotopic (exact) mass is 336 g/mol. The van der Waals surface area contributed by atoms with Gasteiger partial charge in [0, 0.05) is 18.0 Å². The Morgan fingerprint density at radius 1 is 1.25 bits per heavy atom. The van der Waals surface area contributed by atoms with Crippen molar-refractivity contribution < 1.29 is 19.2 Å². The van der Waals surface area contributed by atoms with Gasteiger partial charge in [0.15, 0.2) is 0 Å². The van der Waals surface area contributed by atoms with Crippen molar-refractivity contribution in [3.05, 3.63) is 17.0 Å². The van der Waals surface area contributed by atoms with Crippen molar-refractivity contribution in [2.75, 3.05) is 0 Å². The van der Waals surface area contributed by atoms with Gasteiger partial charge in [-0.05, 0) is 32.6 Å². The number of aromatic nitrogens is 1. The summed E-state index contributed by atoms with van der Waals surface area (Å²) in [6, 6.07) is -0.271. The van der Waals surface area contributed by atoms with Crippen molar-refractivity contribution in [1.29, 1.82) is 0 Å². The summed E-state index contributed by atoms with van der Waals surface area (Å²) >= 11 is 0. The number of hydrogen-bond donors (Lipinski definition) is 2. The van der Waals surface area contributed by atoms with Gasteiger partial charge in [-0.1, -0.05) is 37.8 Å². The van der Waals surface area contributed by atoms with Gasteiger partial charge in [0.2, 0.25) is 5.91 Å². The molecule has 0 aliphatic heterocycles. The van der Waals surface area contributed by atoms with Gasteiger partial charge in [-0.3, -0.25) is 9.59 Å². The third-order valence-electron chi connectivity index (χ3n) is 5.00. The molecule has 0 aromatic carbocycles. The highest BCUT2D eigenvalue weighted by molar-refractivity contribution is 5.79. The first-order valence-electron chi connectivity index (χ1n) is 8.85. The summed E-state index contributed by atoms with van der Waals surface area (Å²) in [6.45, 7) is 5.69. The van der Waals surface area contributed by atoms with E-state index in [-0.39, 0.29) is 17.9 Å². The second kappa shape index (κ2) is 8.31. The number of aliphatic carboxylic acids is 1. The highest BCUT2D eigenvalue weighted by Crippen LogP contribution is 2.27. The fourth-order valence-electron chi connectivity index (χ4n) is 3.79. The summed E-state index contributed by atoms with van der Waals surface area (Å²) < 4.78 is 5.17. The standard InChI is InChI=1S/C18H28N2O4/c1-11(17-12(2)20-24-13(17)3)10-16(21)19-15-9-7-5-4-6-8-14(15)18(22)23/h11,14-15H,4-10H2,1-3H3,(H,19,21)(H,22,23). The zero-order valence-electron chi connectivity index (χ0n) is 14.8. The maximum atomic E-state index is 12.5. The summed E-state index contributed by atoms with van der Waals surface area (Å²) in [7, 11) is 0. The minimum atomic E-state index is -0.805. The molecule has 1 saturated carbocycles. The van der Waals surface area contributed by atoms with Gasteiger partial charge in [-0.2, -0.15) is 0 Å². The third-order valence-corrected chi connectivity index (χ3v) is 5.00. The predicted molar refractivity (Wildman–Crippen MR) is 89.8 cm³/mol. The quantitative estimate of drug-likeness (QED) is 0.860. The Hall–Kier alpha value is -1.85. The predicted octanol–water partition coefficient (Wildman–Crippen LogP) is 3.32. The van der Waals surface area contributed by atoms with E-state index in [2.05, 4.69) is 10.5 Å². The maximum absolute atomic E-state index is 12.5. The Kier molecular flexibility index (Phi) is 6.40. The fourth-order valence-corrected chi connectivity index (χ4v) is 3.79. The Morgan fingerprint density at radius 3 is 2.50 bits per heavy atom. The number of nitrogens with zero attached hydrogens (tertiary/aromatic N) is 1. The highest BCUT2D eigenvalue weighted by Gasteiger charge is 2.30. The van der Waals surface area contributed by atoms with Gasteiger partial charge in [0.25, 0.3) is 0 Å². The number of carboxylic acid groups (broad SMARTS) is 1. The van der Waals surface area contributed by atoms with E-state index >= 15 is 0 Å². The summed E-state index contributed by atoms with van der Waals surface area (Å²) in [5.74, 6) is -0.654. The van der Waals surface area contributed by atoms with Crippen LogP contribution in [-0.2, 0) is 9.59 Å². The molecule has 0 saturated heterocycles. The van der Waals surface area contributed by atoms with Crippen LogP contribution in [0.15, 0.2) is 4.52 Å². The van der Waals surface area contributed by atoms with Crippen molar-refractivity contribution in [3.8, 4) is 0 Å². The van der Waals surface area contributed by atoms with E-state index in [1.807, 2.05) is 20.8 Å². The van der Waals surface area contributed by atoms with E-state index in [1.54, 1.807) is 0 Å². The average Bonchev–Trinajstić information content (AvgIpc) is 2.80. The van der Waals surface area contributed by atoms with Crippen molar-refractivity contribution in [3.63, 3.8) is 0 Å². The lowest BCUT2D eigenvalue weighted by atomic mass is 9.86. The van der Waals surface area contributed by atoms with Crippen LogP contribution in [0.3, 0.4) is 0 Å². The van der Waals surface area contributed by atoms with E-state index in [4.69, 9.17) is 4.52 Å². The molecule has 1 aromatic heterocycles. The number of aryl methyl sites for hydroxylation is 2. The molecular weight excluding hydrogens is 308 g/mol. The minimum absolute atomic E-state index is 0.00640. The van der Waals surface area contributed by atoms with E-state index in [0.29, 0.717) is 12.8 Å². The van der Waals surface area contributed by atoms with Gasteiger partial charge < -0.3 is 14.9 Å². The number of hydrogen-bond acceptors (Lipinski definition) is 4. The topological polar surface area (TPSA) is 92.4 Å². The largest absolute Gasteiger partial charge is 0.481 e. The molecule has 3 atom stereocenters. The van der Waals surface area contributed by atoms with Crippen LogP contribution in [0.25, 0.3) is 0 Å². The summed E-state index contributed by atoms with van der Waals surface area (Å²) in [4.78, 5) is 24.0. The smallest absolute Gasteiger partial charge is 0.308 e. The molecule has 2 rings (SSSR count). The molecule has 1 aromatic rings. The number of carbonyl (C=O) groups is 2. The van der Waals surface area contributed by atoms with Gasteiger partial charge in [0.05, 0.1) is 11.6 Å². The molecule has 3 unspecified atom stereocenters. The Morgan fingerprint density at radius 2 is 1.92 bits per heavy atom. The molecule has 6 heteroatoms. The lowest BCUT2D eigenvalue weighted by molar-refractivity contribution is -0.143. The van der Waals surface area contributed by atoms with Crippen LogP contribution in [0.1, 0.15) is 74.8 Å². The molecule has 24 heavy (non-hydrogen) atoms. The van der Waals surface area contributed by atoms with Crippen LogP contribution in [0.4, 0.5) is 0 Å². The second-order valence-corrected chi connectivity index (χ2v) is 6.95. The number of carbonyl (C=O) groups excluding carboxylic acids is 1. The molecule has 134 valence electrons. The van der Waals surface area contributed by atoms with Crippen LogP contribution < -0.4 is 5.32 Å². The van der Waals surface area contributed by atoms with Crippen LogP contribution in [-0.4, -0.2) is 28.2 Å². The molecule has 1 amide bonds. The normalized spacial score (nSPS) is 23.1. The summed E-state index contributed by atoms with van der Waals surface area (Å²) in [5.41, 5.74) is 1.78. The van der Waals surface area contributed by atoms with E-state index < -0.39 is 11.9 Å². The molecule has 1 aliphatic rings. The maximum Gasteiger partial charge on any atom is 0.308 e. The summed E-state index contributed by atoms with van der Waals surface area (Å²) in [6.07, 6.45) is 5.75. The zero-order chi connectivity index (χ0) is 17.7. The number of nitrogens with one attached hydrogen (secondary N) is 1. The Bertz CT molecular complexity index is 562. The number of rotatable bonds is 5. The minimum Gasteiger partial charge on any atom is -0.481 e. The summed E-state index contributed by atoms with van der Waals surface area (Å²) in [5, 5.41) is 16.4. The van der Waals surface area contributed by atoms with Crippen molar-refractivity contribution >= 4 is 11.9 Å². The first kappa shape index (κ1) is 18.5. The molecule has 0 radical (unpaired) electrons. The molecule has 0 bridgehead atoms. The van der Waals surface area contributed by atoms with E-state index in [0.717, 1.165) is 49.1 Å². The van der Waals surface area contributed by atoms with E-state index in [1.165, 1.54) is 0 Å². The highest BCUT2D eigenvalue weighted by atomic mass is 16.5. The molecule has 1 heterocycles. The van der Waals surface area contributed by atoms with Crippen molar-refractivity contribution in [2.45, 2.75) is 77.7 Å². The van der Waals surface area contributed by atoms with Gasteiger partial charge in [-0.25, -0.2) is 0 Å². The second-order valence-electron chi connectivity index (χ2n) is 6.95. The lowest BCUT2D eigenvalue weighted by Gasteiger charge is -2.27.